The average molecular weight is 446 g/mol. The molecule has 2 amide bonds. The van der Waals surface area contributed by atoms with Crippen molar-refractivity contribution in [3.63, 3.8) is 0 Å². The Hall–Kier alpha value is -2.75. The minimum atomic E-state index is -3.77. The molecule has 1 saturated heterocycles. The van der Waals surface area contributed by atoms with Crippen LogP contribution in [0, 0.1) is 6.92 Å². The molecule has 2 aromatic carbocycles. The van der Waals surface area contributed by atoms with Crippen LogP contribution in [0.1, 0.15) is 36.7 Å². The fourth-order valence-electron chi connectivity index (χ4n) is 3.53. The highest BCUT2D eigenvalue weighted by Crippen LogP contribution is 2.25. The molecule has 2 aromatic rings. The summed E-state index contributed by atoms with van der Waals surface area (Å²) < 4.78 is 33.3. The third-order valence-corrected chi connectivity index (χ3v) is 6.68. The van der Waals surface area contributed by atoms with E-state index >= 15 is 0 Å². The number of amides is 2. The standard InChI is InChI=1S/C22H27N3O5S/c1-14-8-9-20(23-17(4)26)21(10-14)24-22(27)18-6-5-7-19(11-18)31(28,29)25-12-15(2)30-16(3)13-25/h5-11,15-16H,12-13H2,1-4H3,(H,23,26)(H,24,27). The van der Waals surface area contributed by atoms with Crippen molar-refractivity contribution in [2.24, 2.45) is 0 Å². The third-order valence-electron chi connectivity index (χ3n) is 4.85. The van der Waals surface area contributed by atoms with Gasteiger partial charge in [0.05, 0.1) is 28.5 Å². The van der Waals surface area contributed by atoms with Crippen molar-refractivity contribution in [3.05, 3.63) is 53.6 Å². The molecule has 8 nitrogen and oxygen atoms in total. The zero-order chi connectivity index (χ0) is 22.8. The van der Waals surface area contributed by atoms with Gasteiger partial charge in [-0.05, 0) is 56.7 Å². The van der Waals surface area contributed by atoms with Gasteiger partial charge < -0.3 is 15.4 Å². The van der Waals surface area contributed by atoms with Gasteiger partial charge in [0.25, 0.3) is 5.91 Å². The molecule has 31 heavy (non-hydrogen) atoms. The number of nitrogens with zero attached hydrogens (tertiary/aromatic N) is 1. The van der Waals surface area contributed by atoms with E-state index in [9.17, 15) is 18.0 Å². The van der Waals surface area contributed by atoms with Crippen LogP contribution in [-0.4, -0.2) is 49.8 Å². The summed E-state index contributed by atoms with van der Waals surface area (Å²) in [5.74, 6) is -0.737. The van der Waals surface area contributed by atoms with Crippen molar-refractivity contribution < 1.29 is 22.7 Å². The summed E-state index contributed by atoms with van der Waals surface area (Å²) in [5, 5.41) is 5.44. The number of anilines is 2. The summed E-state index contributed by atoms with van der Waals surface area (Å²) in [6.45, 7) is 7.42. The normalized spacial score (nSPS) is 19.6. The van der Waals surface area contributed by atoms with E-state index in [1.807, 2.05) is 26.8 Å². The Morgan fingerprint density at radius 1 is 1.00 bits per heavy atom. The highest BCUT2D eigenvalue weighted by molar-refractivity contribution is 7.89. The minimum absolute atomic E-state index is 0.0489. The largest absolute Gasteiger partial charge is 0.373 e. The number of hydrogen-bond acceptors (Lipinski definition) is 5. The molecule has 0 aliphatic carbocycles. The van der Waals surface area contributed by atoms with Crippen LogP contribution >= 0.6 is 0 Å². The van der Waals surface area contributed by atoms with Gasteiger partial charge in [0.15, 0.2) is 0 Å². The van der Waals surface area contributed by atoms with Gasteiger partial charge in [0, 0.05) is 25.6 Å². The molecular weight excluding hydrogens is 418 g/mol. The molecule has 2 N–H and O–H groups in total. The molecule has 0 saturated carbocycles. The maximum Gasteiger partial charge on any atom is 0.255 e. The molecule has 2 atom stereocenters. The Morgan fingerprint density at radius 3 is 2.32 bits per heavy atom. The Labute approximate surface area is 182 Å². The second kappa shape index (κ2) is 9.17. The van der Waals surface area contributed by atoms with Gasteiger partial charge in [0.2, 0.25) is 15.9 Å². The first-order chi connectivity index (χ1) is 14.6. The molecule has 0 bridgehead atoms. The number of benzene rings is 2. The van der Waals surface area contributed by atoms with Gasteiger partial charge >= 0.3 is 0 Å². The van der Waals surface area contributed by atoms with Gasteiger partial charge in [-0.1, -0.05) is 12.1 Å². The maximum atomic E-state index is 13.1. The lowest BCUT2D eigenvalue weighted by molar-refractivity contribution is -0.114. The van der Waals surface area contributed by atoms with Crippen molar-refractivity contribution >= 4 is 33.2 Å². The summed E-state index contributed by atoms with van der Waals surface area (Å²) in [5.41, 5.74) is 2.00. The Bertz CT molecular complexity index is 1090. The lowest BCUT2D eigenvalue weighted by Gasteiger charge is -2.34. The molecule has 2 unspecified atom stereocenters. The Kier molecular flexibility index (Phi) is 6.78. The third kappa shape index (κ3) is 5.49. The molecule has 9 heteroatoms. The zero-order valence-corrected chi connectivity index (χ0v) is 18.8. The second-order valence-corrected chi connectivity index (χ2v) is 9.73. The molecule has 0 aromatic heterocycles. The second-order valence-electron chi connectivity index (χ2n) is 7.79. The molecule has 1 fully saturated rings. The van der Waals surface area contributed by atoms with Crippen LogP contribution in [0.5, 0.6) is 0 Å². The predicted molar refractivity (Wildman–Crippen MR) is 119 cm³/mol. The Morgan fingerprint density at radius 2 is 1.68 bits per heavy atom. The fraction of sp³-hybridized carbons (Fsp3) is 0.364. The number of ether oxygens (including phenoxy) is 1. The summed E-state index contributed by atoms with van der Waals surface area (Å²) in [4.78, 5) is 24.4. The molecule has 0 spiro atoms. The average Bonchev–Trinajstić information content (AvgIpc) is 2.69. The molecule has 1 aliphatic heterocycles. The van der Waals surface area contributed by atoms with E-state index in [2.05, 4.69) is 10.6 Å². The van der Waals surface area contributed by atoms with Crippen molar-refractivity contribution in [1.29, 1.82) is 0 Å². The SMILES string of the molecule is CC(=O)Nc1ccc(C)cc1NC(=O)c1cccc(S(=O)(=O)N2CC(C)OC(C)C2)c1. The van der Waals surface area contributed by atoms with Crippen LogP contribution in [0.4, 0.5) is 11.4 Å². The highest BCUT2D eigenvalue weighted by atomic mass is 32.2. The molecular formula is C22H27N3O5S. The first-order valence-electron chi connectivity index (χ1n) is 10.0. The number of morpholine rings is 1. The van der Waals surface area contributed by atoms with E-state index in [0.29, 0.717) is 11.4 Å². The number of carbonyl (C=O) groups excluding carboxylic acids is 2. The summed E-state index contributed by atoms with van der Waals surface area (Å²) in [6, 6.07) is 11.2. The number of hydrogen-bond donors (Lipinski definition) is 2. The van der Waals surface area contributed by atoms with Crippen LogP contribution < -0.4 is 10.6 Å². The maximum absolute atomic E-state index is 13.1. The van der Waals surface area contributed by atoms with Gasteiger partial charge in [-0.2, -0.15) is 4.31 Å². The first-order valence-corrected chi connectivity index (χ1v) is 11.5. The summed E-state index contributed by atoms with van der Waals surface area (Å²) in [7, 11) is -3.77. The molecule has 0 radical (unpaired) electrons. The quantitative estimate of drug-likeness (QED) is 0.736. The van der Waals surface area contributed by atoms with Crippen LogP contribution in [0.15, 0.2) is 47.4 Å². The van der Waals surface area contributed by atoms with E-state index < -0.39 is 15.9 Å². The van der Waals surface area contributed by atoms with E-state index in [1.54, 1.807) is 24.3 Å². The monoisotopic (exact) mass is 445 g/mol. The van der Waals surface area contributed by atoms with E-state index in [1.165, 1.54) is 23.4 Å². The number of nitrogens with one attached hydrogen (secondary N) is 2. The van der Waals surface area contributed by atoms with Crippen LogP contribution in [0.3, 0.4) is 0 Å². The topological polar surface area (TPSA) is 105 Å². The molecule has 1 heterocycles. The van der Waals surface area contributed by atoms with Crippen LogP contribution in [0.25, 0.3) is 0 Å². The van der Waals surface area contributed by atoms with E-state index in [-0.39, 0.29) is 41.7 Å². The van der Waals surface area contributed by atoms with Gasteiger partial charge in [0.1, 0.15) is 0 Å². The predicted octanol–water partition coefficient (Wildman–Crippen LogP) is 3.00. The number of rotatable bonds is 5. The van der Waals surface area contributed by atoms with Crippen molar-refractivity contribution in [2.45, 2.75) is 44.8 Å². The van der Waals surface area contributed by atoms with Crippen molar-refractivity contribution in [1.82, 2.24) is 4.31 Å². The molecule has 166 valence electrons. The molecule has 3 rings (SSSR count). The first kappa shape index (κ1) is 22.9. The van der Waals surface area contributed by atoms with Gasteiger partial charge in [-0.15, -0.1) is 0 Å². The highest BCUT2D eigenvalue weighted by Gasteiger charge is 2.32. The van der Waals surface area contributed by atoms with Crippen LogP contribution in [-0.2, 0) is 19.6 Å². The summed E-state index contributed by atoms with van der Waals surface area (Å²) >= 11 is 0. The number of carbonyl (C=O) groups is 2. The lowest BCUT2D eigenvalue weighted by atomic mass is 10.1. The smallest absolute Gasteiger partial charge is 0.255 e. The molecule has 1 aliphatic rings. The zero-order valence-electron chi connectivity index (χ0n) is 18.0. The number of aryl methyl sites for hydroxylation is 1. The Balaban J connectivity index is 1.86. The van der Waals surface area contributed by atoms with Crippen molar-refractivity contribution in [3.8, 4) is 0 Å². The van der Waals surface area contributed by atoms with E-state index in [0.717, 1.165) is 5.56 Å². The minimum Gasteiger partial charge on any atom is -0.373 e. The van der Waals surface area contributed by atoms with Crippen molar-refractivity contribution in [2.75, 3.05) is 23.7 Å². The summed E-state index contributed by atoms with van der Waals surface area (Å²) in [6.07, 6.45) is -0.419. The lowest BCUT2D eigenvalue weighted by Crippen LogP contribution is -2.48. The van der Waals surface area contributed by atoms with Gasteiger partial charge in [-0.25, -0.2) is 8.42 Å². The van der Waals surface area contributed by atoms with E-state index in [4.69, 9.17) is 4.74 Å². The van der Waals surface area contributed by atoms with Crippen LogP contribution in [0.2, 0.25) is 0 Å². The van der Waals surface area contributed by atoms with Gasteiger partial charge in [-0.3, -0.25) is 9.59 Å². The number of sulfonamides is 1. The fourth-order valence-corrected chi connectivity index (χ4v) is 5.17.